The zero-order valence-electron chi connectivity index (χ0n) is 11.3. The first-order valence-electron chi connectivity index (χ1n) is 6.69. The molecule has 1 N–H and O–H groups in total. The van der Waals surface area contributed by atoms with E-state index in [-0.39, 0.29) is 11.8 Å². The minimum atomic E-state index is -3.17. The molecule has 2 aromatic rings. The zero-order chi connectivity index (χ0) is 14.9. The summed E-state index contributed by atoms with van der Waals surface area (Å²) in [6.45, 7) is 0.764. The number of thiazole rings is 1. The van der Waals surface area contributed by atoms with Gasteiger partial charge in [-0.2, -0.15) is 0 Å². The molecular weight excluding hydrogens is 328 g/mol. The number of nitrogens with zero attached hydrogens (tertiary/aromatic N) is 1. The van der Waals surface area contributed by atoms with Crippen LogP contribution < -0.4 is 5.32 Å². The second-order valence-electron chi connectivity index (χ2n) is 5.03. The monoisotopic (exact) mass is 342 g/mol. The van der Waals surface area contributed by atoms with Crippen LogP contribution in [-0.2, 0) is 16.3 Å². The fraction of sp³-hybridized carbons (Fsp3) is 0.357. The number of hydrogen-bond donors (Lipinski definition) is 1. The third kappa shape index (κ3) is 3.29. The first-order chi connectivity index (χ1) is 10.1. The molecule has 0 saturated heterocycles. The molecule has 112 valence electrons. The predicted molar refractivity (Wildman–Crippen MR) is 84.7 cm³/mol. The van der Waals surface area contributed by atoms with E-state index < -0.39 is 9.84 Å². The summed E-state index contributed by atoms with van der Waals surface area (Å²) in [5, 5.41) is 6.02. The van der Waals surface area contributed by atoms with Gasteiger partial charge in [-0.15, -0.1) is 11.3 Å². The molecule has 21 heavy (non-hydrogen) atoms. The second-order valence-corrected chi connectivity index (χ2v) is 8.26. The molecule has 1 aliphatic rings. The molecule has 0 amide bonds. The normalized spacial score (nSPS) is 20.1. The lowest BCUT2D eigenvalue weighted by Gasteiger charge is -2.26. The van der Waals surface area contributed by atoms with Crippen molar-refractivity contribution in [3.8, 4) is 0 Å². The Morgan fingerprint density at radius 1 is 1.43 bits per heavy atom. The molecule has 1 aromatic heterocycles. The van der Waals surface area contributed by atoms with Crippen molar-refractivity contribution in [2.24, 2.45) is 0 Å². The Morgan fingerprint density at radius 3 is 3.05 bits per heavy atom. The number of sulfone groups is 1. The van der Waals surface area contributed by atoms with E-state index in [1.54, 1.807) is 29.5 Å². The maximum Gasteiger partial charge on any atom is 0.178 e. The molecule has 0 aliphatic carbocycles. The van der Waals surface area contributed by atoms with E-state index in [9.17, 15) is 8.42 Å². The maximum absolute atomic E-state index is 12.1. The number of nitrogens with one attached hydrogen (secondary N) is 1. The van der Waals surface area contributed by atoms with Crippen molar-refractivity contribution in [1.29, 1.82) is 0 Å². The minimum Gasteiger partial charge on any atom is -0.309 e. The Morgan fingerprint density at radius 2 is 2.29 bits per heavy atom. The van der Waals surface area contributed by atoms with Crippen molar-refractivity contribution in [2.45, 2.75) is 23.8 Å². The first kappa shape index (κ1) is 15.0. The smallest absolute Gasteiger partial charge is 0.178 e. The highest BCUT2D eigenvalue weighted by molar-refractivity contribution is 7.91. The van der Waals surface area contributed by atoms with E-state index in [2.05, 4.69) is 10.3 Å². The topological polar surface area (TPSA) is 59.1 Å². The molecule has 1 atom stereocenters. The van der Waals surface area contributed by atoms with E-state index in [1.807, 2.05) is 10.9 Å². The van der Waals surface area contributed by atoms with Crippen molar-refractivity contribution < 1.29 is 8.42 Å². The van der Waals surface area contributed by atoms with Crippen LogP contribution in [0.25, 0.3) is 0 Å². The van der Waals surface area contributed by atoms with Crippen LogP contribution in [0.2, 0.25) is 5.02 Å². The minimum absolute atomic E-state index is 0.0286. The summed E-state index contributed by atoms with van der Waals surface area (Å²) in [6.07, 6.45) is 1.41. The molecule has 7 heteroatoms. The average molecular weight is 343 g/mol. The molecule has 3 rings (SSSR count). The van der Waals surface area contributed by atoms with Gasteiger partial charge in [-0.25, -0.2) is 13.4 Å². The fourth-order valence-electron chi connectivity index (χ4n) is 2.56. The molecule has 1 aromatic carbocycles. The van der Waals surface area contributed by atoms with Gasteiger partial charge < -0.3 is 5.32 Å². The van der Waals surface area contributed by atoms with Gasteiger partial charge in [0.15, 0.2) is 9.84 Å². The first-order valence-corrected chi connectivity index (χ1v) is 9.66. The summed E-state index contributed by atoms with van der Waals surface area (Å²) in [5.74, 6) is 0.177. The molecule has 0 saturated carbocycles. The van der Waals surface area contributed by atoms with Crippen molar-refractivity contribution >= 4 is 32.8 Å². The lowest BCUT2D eigenvalue weighted by molar-refractivity contribution is 0.494. The van der Waals surface area contributed by atoms with Crippen molar-refractivity contribution in [1.82, 2.24) is 10.3 Å². The van der Waals surface area contributed by atoms with Crippen LogP contribution in [0.3, 0.4) is 0 Å². The van der Waals surface area contributed by atoms with Gasteiger partial charge in [-0.05, 0) is 30.2 Å². The van der Waals surface area contributed by atoms with Gasteiger partial charge in [0.1, 0.15) is 0 Å². The summed E-state index contributed by atoms with van der Waals surface area (Å²) in [6, 6.07) is 5.03. The highest BCUT2D eigenvalue weighted by atomic mass is 35.5. The third-order valence-electron chi connectivity index (χ3n) is 3.61. The fourth-order valence-corrected chi connectivity index (χ4v) is 4.94. The van der Waals surface area contributed by atoms with Gasteiger partial charge >= 0.3 is 0 Å². The summed E-state index contributed by atoms with van der Waals surface area (Å²) in [7, 11) is -3.17. The van der Waals surface area contributed by atoms with E-state index in [4.69, 9.17) is 11.6 Å². The van der Waals surface area contributed by atoms with Crippen LogP contribution in [0.4, 0.5) is 0 Å². The molecule has 1 unspecified atom stereocenters. The van der Waals surface area contributed by atoms with Crippen LogP contribution in [0.1, 0.15) is 23.7 Å². The summed E-state index contributed by atoms with van der Waals surface area (Å²) in [4.78, 5) is 4.65. The number of rotatable bonds is 4. The summed E-state index contributed by atoms with van der Waals surface area (Å²) < 4.78 is 24.2. The van der Waals surface area contributed by atoms with E-state index in [1.165, 1.54) is 0 Å². The highest BCUT2D eigenvalue weighted by Crippen LogP contribution is 2.33. The van der Waals surface area contributed by atoms with E-state index in [0.29, 0.717) is 16.3 Å². The lowest BCUT2D eigenvalue weighted by Crippen LogP contribution is -2.31. The molecule has 0 spiro atoms. The van der Waals surface area contributed by atoms with Gasteiger partial charge in [0.05, 0.1) is 21.9 Å². The Hall–Kier alpha value is -0.950. The molecule has 0 fully saturated rings. The van der Waals surface area contributed by atoms with Crippen molar-refractivity contribution in [3.63, 3.8) is 0 Å². The van der Waals surface area contributed by atoms with Gasteiger partial charge in [-0.1, -0.05) is 11.6 Å². The summed E-state index contributed by atoms with van der Waals surface area (Å²) >= 11 is 7.60. The Bertz CT molecular complexity index is 729. The zero-order valence-corrected chi connectivity index (χ0v) is 13.6. The number of hydrogen-bond acceptors (Lipinski definition) is 5. The molecular formula is C14H15ClN2O2S2. The molecule has 4 nitrogen and oxygen atoms in total. The van der Waals surface area contributed by atoms with Crippen molar-refractivity contribution in [2.75, 3.05) is 12.3 Å². The Balaban J connectivity index is 1.76. The SMILES string of the molecule is O=S1(=O)CCC(NCCc2cscn2)c2cc(Cl)ccc21. The molecule has 0 radical (unpaired) electrons. The van der Waals surface area contributed by atoms with Gasteiger partial charge in [0, 0.05) is 29.4 Å². The van der Waals surface area contributed by atoms with E-state index >= 15 is 0 Å². The standard InChI is InChI=1S/C14H15ClN2O2S2/c15-10-1-2-14-12(7-10)13(4-6-21(14,18)19)16-5-3-11-8-20-9-17-11/h1-2,7-9,13,16H,3-6H2. The quantitative estimate of drug-likeness (QED) is 0.928. The van der Waals surface area contributed by atoms with E-state index in [0.717, 1.165) is 24.2 Å². The Kier molecular flexibility index (Phi) is 4.31. The van der Waals surface area contributed by atoms with Crippen LogP contribution in [0, 0.1) is 0 Å². The molecule has 1 aliphatic heterocycles. The number of aromatic nitrogens is 1. The van der Waals surface area contributed by atoms with Gasteiger partial charge in [0.25, 0.3) is 0 Å². The largest absolute Gasteiger partial charge is 0.309 e. The van der Waals surface area contributed by atoms with Gasteiger partial charge in [0.2, 0.25) is 0 Å². The molecule has 0 bridgehead atoms. The van der Waals surface area contributed by atoms with Crippen molar-refractivity contribution in [3.05, 3.63) is 45.4 Å². The predicted octanol–water partition coefficient (Wildman–Crippen LogP) is 2.85. The van der Waals surface area contributed by atoms with Crippen LogP contribution in [0.5, 0.6) is 0 Å². The average Bonchev–Trinajstić information content (AvgIpc) is 2.94. The summed E-state index contributed by atoms with van der Waals surface area (Å²) in [5.41, 5.74) is 3.66. The number of fused-ring (bicyclic) bond motifs is 1. The maximum atomic E-state index is 12.1. The highest BCUT2D eigenvalue weighted by Gasteiger charge is 2.30. The van der Waals surface area contributed by atoms with Crippen LogP contribution in [0.15, 0.2) is 34.0 Å². The number of benzene rings is 1. The van der Waals surface area contributed by atoms with Crippen LogP contribution in [-0.4, -0.2) is 25.7 Å². The number of halogens is 1. The molecule has 2 heterocycles. The lowest BCUT2D eigenvalue weighted by atomic mass is 10.0. The Labute approximate surface area is 133 Å². The van der Waals surface area contributed by atoms with Crippen LogP contribution >= 0.6 is 22.9 Å². The second kappa shape index (κ2) is 6.04. The van der Waals surface area contributed by atoms with Gasteiger partial charge in [-0.3, -0.25) is 0 Å². The third-order valence-corrected chi connectivity index (χ3v) is 6.30.